The van der Waals surface area contributed by atoms with E-state index in [1.807, 2.05) is 0 Å². The Hall–Kier alpha value is -1.82. The van der Waals surface area contributed by atoms with E-state index in [1.54, 1.807) is 19.2 Å². The highest BCUT2D eigenvalue weighted by atomic mass is 16.6. The second-order valence-electron chi connectivity index (χ2n) is 5.48. The van der Waals surface area contributed by atoms with Gasteiger partial charge in [0.05, 0.1) is 11.0 Å². The molecule has 0 aromatic heterocycles. The van der Waals surface area contributed by atoms with Crippen molar-refractivity contribution in [2.75, 3.05) is 18.2 Å². The van der Waals surface area contributed by atoms with Crippen molar-refractivity contribution in [3.63, 3.8) is 0 Å². The lowest BCUT2D eigenvalue weighted by atomic mass is 9.64. The van der Waals surface area contributed by atoms with Crippen molar-refractivity contribution >= 4 is 17.1 Å². The van der Waals surface area contributed by atoms with E-state index in [-0.39, 0.29) is 28.9 Å². The van der Waals surface area contributed by atoms with E-state index in [0.29, 0.717) is 5.69 Å². The van der Waals surface area contributed by atoms with Crippen LogP contribution in [-0.2, 0) is 4.74 Å². The smallest absolute Gasteiger partial charge is 0.314 e. The van der Waals surface area contributed by atoms with Crippen LogP contribution in [0.4, 0.5) is 17.1 Å². The minimum Gasteiger partial charge on any atom is -0.393 e. The van der Waals surface area contributed by atoms with Crippen LogP contribution in [-0.4, -0.2) is 24.2 Å². The molecule has 1 aromatic carbocycles. The van der Waals surface area contributed by atoms with Crippen molar-refractivity contribution in [3.05, 3.63) is 28.3 Å². The Morgan fingerprint density at radius 3 is 2.74 bits per heavy atom. The Labute approximate surface area is 112 Å². The monoisotopic (exact) mass is 265 g/mol. The molecule has 1 aromatic rings. The molecule has 1 fully saturated rings. The van der Waals surface area contributed by atoms with E-state index in [4.69, 9.17) is 10.5 Å². The molecule has 2 atom stereocenters. The van der Waals surface area contributed by atoms with Crippen LogP contribution in [0.5, 0.6) is 0 Å². The number of nitrogens with two attached hydrogens (primary N) is 1. The minimum absolute atomic E-state index is 0.0563. The molecule has 0 heterocycles. The lowest BCUT2D eigenvalue weighted by Crippen LogP contribution is -2.57. The first-order chi connectivity index (χ1) is 8.87. The summed E-state index contributed by atoms with van der Waals surface area (Å²) in [5.41, 5.74) is 6.20. The zero-order valence-electron chi connectivity index (χ0n) is 11.3. The summed E-state index contributed by atoms with van der Waals surface area (Å²) in [5.74, 6) is 0. The van der Waals surface area contributed by atoms with Gasteiger partial charge in [-0.3, -0.25) is 10.1 Å². The summed E-state index contributed by atoms with van der Waals surface area (Å²) in [6.45, 7) is 4.17. The first kappa shape index (κ1) is 13.6. The van der Waals surface area contributed by atoms with Crippen LogP contribution in [0.3, 0.4) is 0 Å². The third-order valence-corrected chi connectivity index (χ3v) is 4.04. The largest absolute Gasteiger partial charge is 0.393 e. The Bertz CT molecular complexity index is 502. The average molecular weight is 265 g/mol. The molecule has 6 nitrogen and oxygen atoms in total. The summed E-state index contributed by atoms with van der Waals surface area (Å²) in [4.78, 5) is 10.6. The van der Waals surface area contributed by atoms with E-state index in [1.165, 1.54) is 6.07 Å². The van der Waals surface area contributed by atoms with Gasteiger partial charge >= 0.3 is 5.69 Å². The van der Waals surface area contributed by atoms with Gasteiger partial charge in [-0.25, -0.2) is 0 Å². The topological polar surface area (TPSA) is 90.4 Å². The van der Waals surface area contributed by atoms with E-state index >= 15 is 0 Å². The quantitative estimate of drug-likeness (QED) is 0.495. The van der Waals surface area contributed by atoms with Crippen LogP contribution < -0.4 is 11.1 Å². The van der Waals surface area contributed by atoms with Gasteiger partial charge in [0.2, 0.25) is 0 Å². The molecule has 2 unspecified atom stereocenters. The van der Waals surface area contributed by atoms with Crippen molar-refractivity contribution in [1.29, 1.82) is 0 Å². The molecule has 0 spiro atoms. The fourth-order valence-corrected chi connectivity index (χ4v) is 2.60. The average Bonchev–Trinajstić information content (AvgIpc) is 2.33. The molecule has 0 saturated heterocycles. The fraction of sp³-hybridized carbons (Fsp3) is 0.538. The molecular weight excluding hydrogens is 246 g/mol. The van der Waals surface area contributed by atoms with Crippen LogP contribution in [0.1, 0.15) is 20.3 Å². The van der Waals surface area contributed by atoms with Gasteiger partial charge in [-0.2, -0.15) is 0 Å². The number of methoxy groups -OCH3 is 1. The number of ether oxygens (including phenoxy) is 1. The van der Waals surface area contributed by atoms with Gasteiger partial charge in [0.25, 0.3) is 0 Å². The molecule has 104 valence electrons. The number of hydrogen-bond acceptors (Lipinski definition) is 5. The van der Waals surface area contributed by atoms with Gasteiger partial charge < -0.3 is 15.8 Å². The Morgan fingerprint density at radius 1 is 1.53 bits per heavy atom. The van der Waals surface area contributed by atoms with Crippen molar-refractivity contribution < 1.29 is 9.66 Å². The number of nitrogens with zero attached hydrogens (tertiary/aromatic N) is 1. The number of hydrogen-bond donors (Lipinski definition) is 2. The molecule has 1 aliphatic carbocycles. The van der Waals surface area contributed by atoms with Gasteiger partial charge in [0.1, 0.15) is 11.4 Å². The fourth-order valence-electron chi connectivity index (χ4n) is 2.60. The minimum atomic E-state index is -0.447. The molecule has 0 aliphatic heterocycles. The second-order valence-corrected chi connectivity index (χ2v) is 5.48. The molecule has 2 rings (SSSR count). The van der Waals surface area contributed by atoms with Gasteiger partial charge in [0.15, 0.2) is 0 Å². The lowest BCUT2D eigenvalue weighted by molar-refractivity contribution is -0.383. The normalized spacial score (nSPS) is 24.6. The summed E-state index contributed by atoms with van der Waals surface area (Å²) >= 11 is 0. The first-order valence-corrected chi connectivity index (χ1v) is 6.20. The maximum absolute atomic E-state index is 11.1. The lowest BCUT2D eigenvalue weighted by Gasteiger charge is -2.51. The van der Waals surface area contributed by atoms with E-state index in [0.717, 1.165) is 6.42 Å². The standard InChI is InChI=1S/C13H19N3O3/c1-13(2)10(7-11(13)19-3)15-9-6-4-5-8(14)12(9)16(17)18/h4-6,10-11,15H,7,14H2,1-3H3. The molecule has 0 amide bonds. The number of nitrogens with one attached hydrogen (secondary N) is 1. The molecule has 0 bridgehead atoms. The van der Waals surface area contributed by atoms with E-state index in [2.05, 4.69) is 19.2 Å². The number of rotatable bonds is 4. The second kappa shape index (κ2) is 4.70. The maximum Gasteiger partial charge on any atom is 0.314 e. The summed E-state index contributed by atoms with van der Waals surface area (Å²) < 4.78 is 5.37. The highest BCUT2D eigenvalue weighted by Gasteiger charge is 2.49. The van der Waals surface area contributed by atoms with Crippen molar-refractivity contribution in [2.24, 2.45) is 5.41 Å². The van der Waals surface area contributed by atoms with Crippen molar-refractivity contribution in [3.8, 4) is 0 Å². The van der Waals surface area contributed by atoms with Crippen LogP contribution in [0.25, 0.3) is 0 Å². The first-order valence-electron chi connectivity index (χ1n) is 6.20. The van der Waals surface area contributed by atoms with Crippen LogP contribution >= 0.6 is 0 Å². The van der Waals surface area contributed by atoms with Crippen LogP contribution in [0, 0.1) is 15.5 Å². The van der Waals surface area contributed by atoms with Crippen LogP contribution in [0.2, 0.25) is 0 Å². The van der Waals surface area contributed by atoms with Gasteiger partial charge in [-0.05, 0) is 18.6 Å². The highest BCUT2D eigenvalue weighted by Crippen LogP contribution is 2.45. The van der Waals surface area contributed by atoms with Gasteiger partial charge in [0, 0.05) is 18.6 Å². The SMILES string of the molecule is COC1CC(Nc2cccc(N)c2[N+](=O)[O-])C1(C)C. The summed E-state index contributed by atoms with van der Waals surface area (Å²) in [5, 5.41) is 14.3. The third kappa shape index (κ3) is 2.23. The molecule has 6 heteroatoms. The number of anilines is 2. The van der Waals surface area contributed by atoms with Gasteiger partial charge in [-0.15, -0.1) is 0 Å². The number of benzene rings is 1. The molecule has 3 N–H and O–H groups in total. The zero-order chi connectivity index (χ0) is 14.2. The zero-order valence-corrected chi connectivity index (χ0v) is 11.3. The Balaban J connectivity index is 2.22. The molecular formula is C13H19N3O3. The number of nitro benzene ring substituents is 1. The number of para-hydroxylation sites is 1. The summed E-state index contributed by atoms with van der Waals surface area (Å²) in [6, 6.07) is 5.07. The predicted octanol–water partition coefficient (Wildman–Crippen LogP) is 2.40. The number of nitro groups is 1. The predicted molar refractivity (Wildman–Crippen MR) is 74.1 cm³/mol. The summed E-state index contributed by atoms with van der Waals surface area (Å²) in [6.07, 6.45) is 1.00. The Morgan fingerprint density at radius 2 is 2.21 bits per heavy atom. The number of nitrogen functional groups attached to an aromatic ring is 1. The third-order valence-electron chi connectivity index (χ3n) is 4.04. The molecule has 1 saturated carbocycles. The van der Waals surface area contributed by atoms with E-state index < -0.39 is 4.92 Å². The van der Waals surface area contributed by atoms with Crippen LogP contribution in [0.15, 0.2) is 18.2 Å². The molecule has 0 radical (unpaired) electrons. The van der Waals surface area contributed by atoms with Crippen molar-refractivity contribution in [1.82, 2.24) is 0 Å². The van der Waals surface area contributed by atoms with E-state index in [9.17, 15) is 10.1 Å². The summed E-state index contributed by atoms with van der Waals surface area (Å²) in [7, 11) is 1.69. The Kier molecular flexibility index (Phi) is 3.36. The van der Waals surface area contributed by atoms with Crippen molar-refractivity contribution in [2.45, 2.75) is 32.4 Å². The molecule has 1 aliphatic rings. The molecule has 19 heavy (non-hydrogen) atoms. The maximum atomic E-state index is 11.1. The van der Waals surface area contributed by atoms with Gasteiger partial charge in [-0.1, -0.05) is 19.9 Å². The highest BCUT2D eigenvalue weighted by molar-refractivity contribution is 5.74.